The Hall–Kier alpha value is -1.84. The van der Waals surface area contributed by atoms with Gasteiger partial charge in [0.2, 0.25) is 11.8 Å². The van der Waals surface area contributed by atoms with Crippen LogP contribution in [0.15, 0.2) is 30.3 Å². The molecular weight excluding hydrogens is 240 g/mol. The van der Waals surface area contributed by atoms with E-state index in [1.54, 1.807) is 14.0 Å². The van der Waals surface area contributed by atoms with Crippen LogP contribution in [0.5, 0.6) is 0 Å². The second-order valence-electron chi connectivity index (χ2n) is 5.03. The molecule has 1 aromatic rings. The number of benzene rings is 1. The molecule has 0 spiro atoms. The van der Waals surface area contributed by atoms with E-state index in [0.717, 1.165) is 5.56 Å². The third kappa shape index (κ3) is 2.48. The summed E-state index contributed by atoms with van der Waals surface area (Å²) in [5.41, 5.74) is 0.541. The van der Waals surface area contributed by atoms with Gasteiger partial charge in [-0.05, 0) is 18.4 Å². The minimum absolute atomic E-state index is 0.0434. The zero-order valence-corrected chi connectivity index (χ0v) is 11.5. The number of likely N-dealkylation sites (N-methyl/N-ethyl adjacent to an activating group) is 1. The highest BCUT2D eigenvalue weighted by atomic mass is 16.2. The highest BCUT2D eigenvalue weighted by Gasteiger charge is 2.42. The Morgan fingerprint density at radius 2 is 1.74 bits per heavy atom. The Labute approximate surface area is 113 Å². The number of hydrogen-bond donors (Lipinski definition) is 1. The molecule has 1 aliphatic rings. The summed E-state index contributed by atoms with van der Waals surface area (Å²) >= 11 is 0. The van der Waals surface area contributed by atoms with E-state index in [1.807, 2.05) is 35.2 Å². The van der Waals surface area contributed by atoms with E-state index in [-0.39, 0.29) is 11.8 Å². The van der Waals surface area contributed by atoms with Crippen LogP contribution in [-0.2, 0) is 15.0 Å². The van der Waals surface area contributed by atoms with Gasteiger partial charge in [0.25, 0.3) is 0 Å². The van der Waals surface area contributed by atoms with Gasteiger partial charge in [0.1, 0.15) is 0 Å². The van der Waals surface area contributed by atoms with E-state index in [1.165, 1.54) is 0 Å². The lowest BCUT2D eigenvalue weighted by Crippen LogP contribution is -2.51. The molecule has 0 aromatic heterocycles. The fourth-order valence-corrected chi connectivity index (χ4v) is 2.85. The maximum absolute atomic E-state index is 12.4. The maximum atomic E-state index is 12.4. The molecule has 0 bridgehead atoms. The van der Waals surface area contributed by atoms with E-state index in [0.29, 0.717) is 25.9 Å². The first-order valence-electron chi connectivity index (χ1n) is 6.63. The molecule has 4 nitrogen and oxygen atoms in total. The smallest absolute Gasteiger partial charge is 0.230 e. The van der Waals surface area contributed by atoms with Gasteiger partial charge in [-0.15, -0.1) is 0 Å². The van der Waals surface area contributed by atoms with E-state index in [2.05, 4.69) is 5.32 Å². The number of nitrogens with zero attached hydrogens (tertiary/aromatic N) is 1. The summed E-state index contributed by atoms with van der Waals surface area (Å²) in [7, 11) is 1.67. The van der Waals surface area contributed by atoms with Gasteiger partial charge in [0.05, 0.1) is 5.41 Å². The fraction of sp³-hybridized carbons (Fsp3) is 0.467. The number of carbonyl (C=O) groups excluding carboxylic acids is 2. The molecule has 1 fully saturated rings. The Morgan fingerprint density at radius 3 is 2.21 bits per heavy atom. The second-order valence-corrected chi connectivity index (χ2v) is 5.03. The van der Waals surface area contributed by atoms with E-state index >= 15 is 0 Å². The predicted molar refractivity (Wildman–Crippen MR) is 73.7 cm³/mol. The lowest BCUT2D eigenvalue weighted by Gasteiger charge is -2.40. The number of piperidine rings is 1. The van der Waals surface area contributed by atoms with Crippen molar-refractivity contribution in [1.82, 2.24) is 10.2 Å². The van der Waals surface area contributed by atoms with Crippen LogP contribution in [0.25, 0.3) is 0 Å². The summed E-state index contributed by atoms with van der Waals surface area (Å²) in [6.07, 6.45) is 1.35. The molecule has 4 heteroatoms. The van der Waals surface area contributed by atoms with Crippen molar-refractivity contribution in [2.75, 3.05) is 20.1 Å². The molecule has 19 heavy (non-hydrogen) atoms. The average Bonchev–Trinajstić information content (AvgIpc) is 2.47. The van der Waals surface area contributed by atoms with Crippen LogP contribution in [0.2, 0.25) is 0 Å². The number of likely N-dealkylation sites (tertiary alicyclic amines) is 1. The van der Waals surface area contributed by atoms with Crippen molar-refractivity contribution >= 4 is 11.8 Å². The first-order chi connectivity index (χ1) is 9.10. The normalized spacial score (nSPS) is 17.9. The standard InChI is InChI=1S/C15H20N2O2/c1-12(18)17-10-8-15(9-11-17,14(19)16-2)13-6-4-3-5-7-13/h3-7H,8-11H2,1-2H3,(H,16,19). The van der Waals surface area contributed by atoms with E-state index in [4.69, 9.17) is 0 Å². The number of rotatable bonds is 2. The number of nitrogens with one attached hydrogen (secondary N) is 1. The third-order valence-electron chi connectivity index (χ3n) is 4.05. The van der Waals surface area contributed by atoms with Crippen molar-refractivity contribution < 1.29 is 9.59 Å². The van der Waals surface area contributed by atoms with Crippen molar-refractivity contribution in [3.05, 3.63) is 35.9 Å². The summed E-state index contributed by atoms with van der Waals surface area (Å²) in [5.74, 6) is 0.125. The van der Waals surface area contributed by atoms with Crippen LogP contribution >= 0.6 is 0 Å². The van der Waals surface area contributed by atoms with Gasteiger partial charge in [-0.25, -0.2) is 0 Å². The maximum Gasteiger partial charge on any atom is 0.230 e. The quantitative estimate of drug-likeness (QED) is 0.871. The molecule has 0 atom stereocenters. The van der Waals surface area contributed by atoms with Gasteiger partial charge in [0.15, 0.2) is 0 Å². The zero-order valence-electron chi connectivity index (χ0n) is 11.5. The van der Waals surface area contributed by atoms with Crippen molar-refractivity contribution in [2.45, 2.75) is 25.2 Å². The number of hydrogen-bond acceptors (Lipinski definition) is 2. The Balaban J connectivity index is 2.29. The highest BCUT2D eigenvalue weighted by Crippen LogP contribution is 2.35. The van der Waals surface area contributed by atoms with Gasteiger partial charge in [-0.3, -0.25) is 9.59 Å². The van der Waals surface area contributed by atoms with Crippen molar-refractivity contribution in [3.8, 4) is 0 Å². The average molecular weight is 260 g/mol. The summed E-state index contributed by atoms with van der Waals surface area (Å²) in [5, 5.41) is 2.78. The summed E-state index contributed by atoms with van der Waals surface area (Å²) in [6.45, 7) is 2.85. The fourth-order valence-electron chi connectivity index (χ4n) is 2.85. The minimum Gasteiger partial charge on any atom is -0.358 e. The van der Waals surface area contributed by atoms with Crippen LogP contribution in [0.3, 0.4) is 0 Å². The van der Waals surface area contributed by atoms with Gasteiger partial charge in [-0.2, -0.15) is 0 Å². The molecule has 0 unspecified atom stereocenters. The summed E-state index contributed by atoms with van der Waals surface area (Å²) in [6, 6.07) is 9.86. The van der Waals surface area contributed by atoms with Gasteiger partial charge in [0, 0.05) is 27.1 Å². The molecule has 0 aliphatic carbocycles. The van der Waals surface area contributed by atoms with Gasteiger partial charge >= 0.3 is 0 Å². The molecule has 102 valence electrons. The van der Waals surface area contributed by atoms with Crippen molar-refractivity contribution in [1.29, 1.82) is 0 Å². The molecule has 1 aliphatic heterocycles. The zero-order chi connectivity index (χ0) is 13.9. The summed E-state index contributed by atoms with van der Waals surface area (Å²) in [4.78, 5) is 25.6. The van der Waals surface area contributed by atoms with Gasteiger partial charge in [-0.1, -0.05) is 30.3 Å². The van der Waals surface area contributed by atoms with E-state index < -0.39 is 5.41 Å². The topological polar surface area (TPSA) is 49.4 Å². The molecule has 1 N–H and O–H groups in total. The molecule has 1 heterocycles. The largest absolute Gasteiger partial charge is 0.358 e. The van der Waals surface area contributed by atoms with Crippen LogP contribution in [0.4, 0.5) is 0 Å². The first kappa shape index (κ1) is 13.6. The van der Waals surface area contributed by atoms with Crippen LogP contribution in [-0.4, -0.2) is 36.9 Å². The molecular formula is C15H20N2O2. The van der Waals surface area contributed by atoms with Crippen LogP contribution in [0, 0.1) is 0 Å². The second kappa shape index (κ2) is 5.43. The Morgan fingerprint density at radius 1 is 1.16 bits per heavy atom. The third-order valence-corrected chi connectivity index (χ3v) is 4.05. The molecule has 0 radical (unpaired) electrons. The molecule has 2 amide bonds. The first-order valence-corrected chi connectivity index (χ1v) is 6.63. The summed E-state index contributed by atoms with van der Waals surface area (Å²) < 4.78 is 0. The minimum atomic E-state index is -0.498. The molecule has 0 saturated carbocycles. The SMILES string of the molecule is CNC(=O)C1(c2ccccc2)CCN(C(C)=O)CC1. The number of carbonyl (C=O) groups is 2. The van der Waals surface area contributed by atoms with Crippen LogP contribution < -0.4 is 5.32 Å². The lowest BCUT2D eigenvalue weighted by molar-refractivity contribution is -0.135. The monoisotopic (exact) mass is 260 g/mol. The Bertz CT molecular complexity index is 462. The number of amides is 2. The Kier molecular flexibility index (Phi) is 3.88. The van der Waals surface area contributed by atoms with Crippen LogP contribution in [0.1, 0.15) is 25.3 Å². The molecule has 2 rings (SSSR count). The van der Waals surface area contributed by atoms with Gasteiger partial charge < -0.3 is 10.2 Å². The highest BCUT2D eigenvalue weighted by molar-refractivity contribution is 5.88. The molecule has 1 aromatic carbocycles. The van der Waals surface area contributed by atoms with Crippen molar-refractivity contribution in [2.24, 2.45) is 0 Å². The molecule has 1 saturated heterocycles. The van der Waals surface area contributed by atoms with Crippen molar-refractivity contribution in [3.63, 3.8) is 0 Å². The van der Waals surface area contributed by atoms with E-state index in [9.17, 15) is 9.59 Å². The lowest BCUT2D eigenvalue weighted by atomic mass is 9.72. The predicted octanol–water partition coefficient (Wildman–Crippen LogP) is 1.31.